The van der Waals surface area contributed by atoms with Gasteiger partial charge in [-0.2, -0.15) is 0 Å². The molecule has 1 aromatic rings. The van der Waals surface area contributed by atoms with Crippen molar-refractivity contribution in [3.63, 3.8) is 0 Å². The second kappa shape index (κ2) is 7.09. The van der Waals surface area contributed by atoms with Gasteiger partial charge >= 0.3 is 11.9 Å². The molecule has 0 aliphatic carbocycles. The maximum absolute atomic E-state index is 11.6. The lowest BCUT2D eigenvalue weighted by molar-refractivity contribution is -0.147. The van der Waals surface area contributed by atoms with Gasteiger partial charge in [-0.05, 0) is 12.1 Å². The van der Waals surface area contributed by atoms with Crippen molar-refractivity contribution in [2.75, 3.05) is 14.2 Å². The Labute approximate surface area is 125 Å². The molecule has 1 unspecified atom stereocenters. The third-order valence-electron chi connectivity index (χ3n) is 2.54. The van der Waals surface area contributed by atoms with Crippen molar-refractivity contribution in [1.29, 1.82) is 0 Å². The standard InChI is InChI=1S/C14H15BrO5/c1-8(14(17)19-4)13(20-9(2)16)11-6-5-10(18-3)7-12(11)15/h5-7,13H,1H2,2-4H3. The molecule has 5 nitrogen and oxygen atoms in total. The summed E-state index contributed by atoms with van der Waals surface area (Å²) in [4.78, 5) is 22.8. The van der Waals surface area contributed by atoms with Crippen molar-refractivity contribution in [1.82, 2.24) is 0 Å². The molecule has 0 bridgehead atoms. The van der Waals surface area contributed by atoms with E-state index in [4.69, 9.17) is 9.47 Å². The first-order valence-electron chi connectivity index (χ1n) is 5.68. The van der Waals surface area contributed by atoms with E-state index < -0.39 is 18.0 Å². The van der Waals surface area contributed by atoms with E-state index in [0.29, 0.717) is 15.8 Å². The summed E-state index contributed by atoms with van der Waals surface area (Å²) in [5.74, 6) is -0.535. The predicted molar refractivity (Wildman–Crippen MR) is 76.4 cm³/mol. The summed E-state index contributed by atoms with van der Waals surface area (Å²) in [6, 6.07) is 5.09. The summed E-state index contributed by atoms with van der Waals surface area (Å²) in [6.45, 7) is 4.89. The van der Waals surface area contributed by atoms with Crippen molar-refractivity contribution in [2.45, 2.75) is 13.0 Å². The lowest BCUT2D eigenvalue weighted by Crippen LogP contribution is -2.17. The molecule has 0 saturated carbocycles. The van der Waals surface area contributed by atoms with Crippen molar-refractivity contribution in [3.8, 4) is 5.75 Å². The first-order chi connectivity index (χ1) is 9.40. The molecule has 20 heavy (non-hydrogen) atoms. The van der Waals surface area contributed by atoms with Crippen LogP contribution in [0.15, 0.2) is 34.8 Å². The Morgan fingerprint density at radius 3 is 2.40 bits per heavy atom. The Balaban J connectivity index is 3.20. The van der Waals surface area contributed by atoms with Gasteiger partial charge in [-0.25, -0.2) is 4.79 Å². The molecule has 0 aliphatic heterocycles. The molecule has 1 aromatic carbocycles. The number of methoxy groups -OCH3 is 2. The monoisotopic (exact) mass is 342 g/mol. The number of benzene rings is 1. The Hall–Kier alpha value is -1.82. The summed E-state index contributed by atoms with van der Waals surface area (Å²) in [7, 11) is 2.78. The third-order valence-corrected chi connectivity index (χ3v) is 3.22. The van der Waals surface area contributed by atoms with Crippen LogP contribution in [0.2, 0.25) is 0 Å². The number of esters is 2. The highest BCUT2D eigenvalue weighted by molar-refractivity contribution is 9.10. The van der Waals surface area contributed by atoms with Crippen LogP contribution < -0.4 is 4.74 Å². The number of carbonyl (C=O) groups is 2. The zero-order valence-corrected chi connectivity index (χ0v) is 13.0. The molecular formula is C14H15BrO5. The summed E-state index contributed by atoms with van der Waals surface area (Å²) >= 11 is 3.35. The molecule has 6 heteroatoms. The Bertz CT molecular complexity index is 538. The van der Waals surface area contributed by atoms with Gasteiger partial charge in [-0.3, -0.25) is 4.79 Å². The lowest BCUT2D eigenvalue weighted by atomic mass is 10.0. The van der Waals surface area contributed by atoms with Crippen LogP contribution in [0.5, 0.6) is 5.75 Å². The van der Waals surface area contributed by atoms with E-state index in [9.17, 15) is 9.59 Å². The smallest absolute Gasteiger partial charge is 0.337 e. The van der Waals surface area contributed by atoms with Gasteiger partial charge in [-0.15, -0.1) is 0 Å². The molecular weight excluding hydrogens is 328 g/mol. The molecule has 108 valence electrons. The number of hydrogen-bond donors (Lipinski definition) is 0. The number of ether oxygens (including phenoxy) is 3. The molecule has 0 aliphatic rings. The summed E-state index contributed by atoms with van der Waals surface area (Å²) in [5, 5.41) is 0. The van der Waals surface area contributed by atoms with Gasteiger partial charge in [-0.1, -0.05) is 28.6 Å². The molecule has 0 radical (unpaired) electrons. The van der Waals surface area contributed by atoms with Gasteiger partial charge < -0.3 is 14.2 Å². The van der Waals surface area contributed by atoms with E-state index >= 15 is 0 Å². The number of rotatable bonds is 5. The predicted octanol–water partition coefficient (Wildman–Crippen LogP) is 2.79. The van der Waals surface area contributed by atoms with Crippen LogP contribution in [0.1, 0.15) is 18.6 Å². The Kier molecular flexibility index (Phi) is 5.76. The molecule has 0 heterocycles. The maximum Gasteiger partial charge on any atom is 0.337 e. The van der Waals surface area contributed by atoms with Crippen molar-refractivity contribution in [2.24, 2.45) is 0 Å². The van der Waals surface area contributed by atoms with Crippen LogP contribution in [-0.4, -0.2) is 26.2 Å². The highest BCUT2D eigenvalue weighted by Gasteiger charge is 2.26. The Morgan fingerprint density at radius 2 is 1.95 bits per heavy atom. The van der Waals surface area contributed by atoms with E-state index in [1.165, 1.54) is 14.0 Å². The molecule has 0 aromatic heterocycles. The van der Waals surface area contributed by atoms with Gasteiger partial charge in [0.25, 0.3) is 0 Å². The summed E-state index contributed by atoms with van der Waals surface area (Å²) in [5.41, 5.74) is 0.616. The molecule has 0 fully saturated rings. The van der Waals surface area contributed by atoms with Gasteiger partial charge in [0, 0.05) is 17.0 Å². The second-order valence-corrected chi connectivity index (χ2v) is 4.75. The minimum atomic E-state index is -0.916. The molecule has 0 N–H and O–H groups in total. The highest BCUT2D eigenvalue weighted by atomic mass is 79.9. The summed E-state index contributed by atoms with van der Waals surface area (Å²) in [6.07, 6.45) is -0.916. The molecule has 0 spiro atoms. The van der Waals surface area contributed by atoms with Crippen molar-refractivity contribution in [3.05, 3.63) is 40.4 Å². The topological polar surface area (TPSA) is 61.8 Å². The lowest BCUT2D eigenvalue weighted by Gasteiger charge is -2.20. The van der Waals surface area contributed by atoms with E-state index in [1.54, 1.807) is 25.3 Å². The zero-order valence-electron chi connectivity index (χ0n) is 11.4. The number of carbonyl (C=O) groups excluding carboxylic acids is 2. The van der Waals surface area contributed by atoms with Gasteiger partial charge in [0.1, 0.15) is 5.75 Å². The van der Waals surface area contributed by atoms with Crippen molar-refractivity contribution < 1.29 is 23.8 Å². The van der Waals surface area contributed by atoms with Gasteiger partial charge in [0.15, 0.2) is 6.10 Å². The van der Waals surface area contributed by atoms with E-state index in [2.05, 4.69) is 27.2 Å². The molecule has 1 atom stereocenters. The minimum absolute atomic E-state index is 0.0357. The maximum atomic E-state index is 11.6. The van der Waals surface area contributed by atoms with Crippen LogP contribution in [0.25, 0.3) is 0 Å². The normalized spacial score (nSPS) is 11.4. The Morgan fingerprint density at radius 1 is 1.30 bits per heavy atom. The van der Waals surface area contributed by atoms with Crippen LogP contribution in [0.3, 0.4) is 0 Å². The minimum Gasteiger partial charge on any atom is -0.497 e. The SMILES string of the molecule is C=C(C(=O)OC)C(OC(C)=O)c1ccc(OC)cc1Br. The number of halogens is 1. The molecule has 1 rings (SSSR count). The fourth-order valence-electron chi connectivity index (χ4n) is 1.57. The average Bonchev–Trinajstić information content (AvgIpc) is 2.43. The highest BCUT2D eigenvalue weighted by Crippen LogP contribution is 2.33. The fourth-order valence-corrected chi connectivity index (χ4v) is 2.14. The van der Waals surface area contributed by atoms with Crippen LogP contribution in [0.4, 0.5) is 0 Å². The van der Waals surface area contributed by atoms with Crippen molar-refractivity contribution >= 4 is 27.9 Å². The largest absolute Gasteiger partial charge is 0.497 e. The summed E-state index contributed by atoms with van der Waals surface area (Å²) < 4.78 is 15.5. The third kappa shape index (κ3) is 3.84. The zero-order chi connectivity index (χ0) is 15.3. The molecule has 0 amide bonds. The first-order valence-corrected chi connectivity index (χ1v) is 6.47. The molecule has 0 saturated heterocycles. The van der Waals surface area contributed by atoms with Gasteiger partial charge in [0.05, 0.1) is 19.8 Å². The van der Waals surface area contributed by atoms with Crippen LogP contribution >= 0.6 is 15.9 Å². The second-order valence-electron chi connectivity index (χ2n) is 3.89. The van der Waals surface area contributed by atoms with Gasteiger partial charge in [0.2, 0.25) is 0 Å². The first kappa shape index (κ1) is 16.2. The quantitative estimate of drug-likeness (QED) is 0.608. The van der Waals surface area contributed by atoms with E-state index in [0.717, 1.165) is 0 Å². The van der Waals surface area contributed by atoms with E-state index in [1.807, 2.05) is 0 Å². The average molecular weight is 343 g/mol. The van der Waals surface area contributed by atoms with Crippen LogP contribution in [0, 0.1) is 0 Å². The fraction of sp³-hybridized carbons (Fsp3) is 0.286. The van der Waals surface area contributed by atoms with E-state index in [-0.39, 0.29) is 5.57 Å². The van der Waals surface area contributed by atoms with Crippen LogP contribution in [-0.2, 0) is 19.1 Å². The number of hydrogen-bond acceptors (Lipinski definition) is 5.